The zero-order chi connectivity index (χ0) is 13.0. The predicted molar refractivity (Wildman–Crippen MR) is 73.6 cm³/mol. The van der Waals surface area contributed by atoms with E-state index < -0.39 is 10.7 Å². The van der Waals surface area contributed by atoms with Gasteiger partial charge in [-0.15, -0.1) is 0 Å². The summed E-state index contributed by atoms with van der Waals surface area (Å²) < 4.78 is 5.30. The third-order valence-electron chi connectivity index (χ3n) is 2.71. The van der Waals surface area contributed by atoms with E-state index in [1.54, 1.807) is 0 Å². The summed E-state index contributed by atoms with van der Waals surface area (Å²) in [6.45, 7) is 3.27. The number of morpholine rings is 1. The Kier molecular flexibility index (Phi) is 4.69. The van der Waals surface area contributed by atoms with E-state index in [0.29, 0.717) is 5.69 Å². The van der Waals surface area contributed by atoms with Crippen LogP contribution in [-0.2, 0) is 9.53 Å². The van der Waals surface area contributed by atoms with Crippen LogP contribution < -0.4 is 10.2 Å². The van der Waals surface area contributed by atoms with Gasteiger partial charge in [-0.25, -0.2) is 0 Å². The fourth-order valence-electron chi connectivity index (χ4n) is 1.77. The summed E-state index contributed by atoms with van der Waals surface area (Å²) in [5.74, 6) is -0.419. The summed E-state index contributed by atoms with van der Waals surface area (Å²) in [6, 6.07) is 7.58. The number of carbonyl (C=O) groups is 1. The minimum Gasteiger partial charge on any atom is -0.378 e. The van der Waals surface area contributed by atoms with Crippen LogP contribution in [0.1, 0.15) is 0 Å². The Hall–Kier alpha value is -0.970. The molecule has 0 bridgehead atoms. The number of alkyl halides is 2. The first-order valence-electron chi connectivity index (χ1n) is 5.68. The molecule has 98 valence electrons. The van der Waals surface area contributed by atoms with E-state index in [-0.39, 0.29) is 0 Å². The lowest BCUT2D eigenvalue weighted by atomic mass is 10.2. The first-order valence-corrected chi connectivity index (χ1v) is 6.56. The molecule has 0 spiro atoms. The van der Waals surface area contributed by atoms with Crippen LogP contribution in [0.3, 0.4) is 0 Å². The standard InChI is InChI=1S/C12H14Cl2N2O2/c13-11(14)12(17)15-9-1-3-10(4-2-9)16-5-7-18-8-6-16/h1-4,11H,5-8H2,(H,15,17). The molecule has 18 heavy (non-hydrogen) atoms. The van der Waals surface area contributed by atoms with Gasteiger partial charge < -0.3 is 15.0 Å². The van der Waals surface area contributed by atoms with Gasteiger partial charge in [-0.3, -0.25) is 4.79 Å². The third-order valence-corrected chi connectivity index (χ3v) is 3.11. The second kappa shape index (κ2) is 6.27. The molecule has 1 aliphatic heterocycles. The van der Waals surface area contributed by atoms with E-state index in [2.05, 4.69) is 10.2 Å². The van der Waals surface area contributed by atoms with E-state index in [1.165, 1.54) is 0 Å². The van der Waals surface area contributed by atoms with Crippen molar-refractivity contribution in [3.63, 3.8) is 0 Å². The maximum atomic E-state index is 11.3. The fraction of sp³-hybridized carbons (Fsp3) is 0.417. The molecule has 0 unspecified atom stereocenters. The molecule has 4 nitrogen and oxygen atoms in total. The van der Waals surface area contributed by atoms with E-state index >= 15 is 0 Å². The van der Waals surface area contributed by atoms with Gasteiger partial charge in [0.2, 0.25) is 0 Å². The summed E-state index contributed by atoms with van der Waals surface area (Å²) in [5, 5.41) is 2.63. The summed E-state index contributed by atoms with van der Waals surface area (Å²) in [6.07, 6.45) is 0. The van der Waals surface area contributed by atoms with Crippen molar-refractivity contribution in [1.29, 1.82) is 0 Å². The highest BCUT2D eigenvalue weighted by Gasteiger charge is 2.13. The van der Waals surface area contributed by atoms with Crippen molar-refractivity contribution in [2.24, 2.45) is 0 Å². The summed E-state index contributed by atoms with van der Waals surface area (Å²) in [7, 11) is 0. The zero-order valence-corrected chi connectivity index (χ0v) is 11.2. The van der Waals surface area contributed by atoms with Gasteiger partial charge >= 0.3 is 0 Å². The number of hydrogen-bond acceptors (Lipinski definition) is 3. The zero-order valence-electron chi connectivity index (χ0n) is 9.73. The number of carbonyl (C=O) groups excluding carboxylic acids is 1. The molecule has 0 saturated carbocycles. The van der Waals surface area contributed by atoms with Gasteiger partial charge in [0.15, 0.2) is 4.84 Å². The highest BCUT2D eigenvalue weighted by Crippen LogP contribution is 2.19. The van der Waals surface area contributed by atoms with E-state index in [0.717, 1.165) is 32.0 Å². The molecule has 1 amide bonds. The topological polar surface area (TPSA) is 41.6 Å². The molecule has 1 N–H and O–H groups in total. The van der Waals surface area contributed by atoms with Crippen molar-refractivity contribution in [1.82, 2.24) is 0 Å². The minimum absolute atomic E-state index is 0.419. The minimum atomic E-state index is -1.05. The maximum absolute atomic E-state index is 11.3. The molecule has 1 aromatic rings. The SMILES string of the molecule is O=C(Nc1ccc(N2CCOCC2)cc1)C(Cl)Cl. The van der Waals surface area contributed by atoms with E-state index in [4.69, 9.17) is 27.9 Å². The molecule has 0 radical (unpaired) electrons. The first kappa shape index (κ1) is 13.5. The lowest BCUT2D eigenvalue weighted by Gasteiger charge is -2.28. The second-order valence-corrected chi connectivity index (χ2v) is 5.03. The van der Waals surface area contributed by atoms with Crippen LogP contribution in [0, 0.1) is 0 Å². The van der Waals surface area contributed by atoms with Crippen molar-refractivity contribution < 1.29 is 9.53 Å². The van der Waals surface area contributed by atoms with Gasteiger partial charge in [0.25, 0.3) is 5.91 Å². The quantitative estimate of drug-likeness (QED) is 0.868. The molecule has 0 aromatic heterocycles. The molecule has 0 aliphatic carbocycles. The molecule has 1 fully saturated rings. The van der Waals surface area contributed by atoms with Gasteiger partial charge in [-0.05, 0) is 24.3 Å². The predicted octanol–water partition coefficient (Wildman–Crippen LogP) is 2.27. The Labute approximate surface area is 116 Å². The molecule has 2 rings (SSSR count). The Morgan fingerprint density at radius 3 is 2.39 bits per heavy atom. The third kappa shape index (κ3) is 3.51. The molecule has 1 aliphatic rings. The average Bonchev–Trinajstić information content (AvgIpc) is 2.40. The van der Waals surface area contributed by atoms with Crippen LogP contribution in [0.4, 0.5) is 11.4 Å². The molecule has 6 heteroatoms. The van der Waals surface area contributed by atoms with E-state index in [1.807, 2.05) is 24.3 Å². The molecular formula is C12H14Cl2N2O2. The van der Waals surface area contributed by atoms with Crippen LogP contribution in [0.5, 0.6) is 0 Å². The molecule has 1 aromatic carbocycles. The number of ether oxygens (including phenoxy) is 1. The van der Waals surface area contributed by atoms with Gasteiger partial charge in [-0.2, -0.15) is 0 Å². The number of anilines is 2. The molecule has 1 saturated heterocycles. The Bertz CT molecular complexity index is 403. The van der Waals surface area contributed by atoms with E-state index in [9.17, 15) is 4.79 Å². The first-order chi connectivity index (χ1) is 8.66. The number of nitrogens with zero attached hydrogens (tertiary/aromatic N) is 1. The summed E-state index contributed by atoms with van der Waals surface area (Å²) in [5.41, 5.74) is 1.80. The van der Waals surface area contributed by atoms with Crippen molar-refractivity contribution in [2.75, 3.05) is 36.5 Å². The summed E-state index contributed by atoms with van der Waals surface area (Å²) >= 11 is 10.9. The maximum Gasteiger partial charge on any atom is 0.257 e. The lowest BCUT2D eigenvalue weighted by molar-refractivity contribution is -0.114. The van der Waals surface area contributed by atoms with Gasteiger partial charge in [0.1, 0.15) is 0 Å². The van der Waals surface area contributed by atoms with Crippen LogP contribution in [0.15, 0.2) is 24.3 Å². The van der Waals surface area contributed by atoms with Crippen LogP contribution in [0.25, 0.3) is 0 Å². The van der Waals surface area contributed by atoms with Crippen molar-refractivity contribution in [2.45, 2.75) is 4.84 Å². The van der Waals surface area contributed by atoms with Crippen LogP contribution in [0.2, 0.25) is 0 Å². The van der Waals surface area contributed by atoms with Crippen molar-refractivity contribution >= 4 is 40.5 Å². The number of nitrogens with one attached hydrogen (secondary N) is 1. The fourth-order valence-corrected chi connectivity index (χ4v) is 1.88. The van der Waals surface area contributed by atoms with Gasteiger partial charge in [0, 0.05) is 24.5 Å². The van der Waals surface area contributed by atoms with Crippen molar-refractivity contribution in [3.05, 3.63) is 24.3 Å². The second-order valence-electron chi connectivity index (χ2n) is 3.94. The molecule has 1 heterocycles. The number of rotatable bonds is 3. The Morgan fingerprint density at radius 1 is 1.22 bits per heavy atom. The largest absolute Gasteiger partial charge is 0.378 e. The van der Waals surface area contributed by atoms with Crippen LogP contribution in [-0.4, -0.2) is 37.0 Å². The number of amides is 1. The Morgan fingerprint density at radius 2 is 1.83 bits per heavy atom. The Balaban J connectivity index is 1.98. The van der Waals surface area contributed by atoms with Crippen molar-refractivity contribution in [3.8, 4) is 0 Å². The van der Waals surface area contributed by atoms with Gasteiger partial charge in [0.05, 0.1) is 13.2 Å². The highest BCUT2D eigenvalue weighted by molar-refractivity contribution is 6.54. The smallest absolute Gasteiger partial charge is 0.257 e. The average molecular weight is 289 g/mol. The normalized spacial score (nSPS) is 15.8. The highest BCUT2D eigenvalue weighted by atomic mass is 35.5. The van der Waals surface area contributed by atoms with Crippen LogP contribution >= 0.6 is 23.2 Å². The summed E-state index contributed by atoms with van der Waals surface area (Å²) in [4.78, 5) is 12.5. The molecular weight excluding hydrogens is 275 g/mol. The molecule has 0 atom stereocenters. The van der Waals surface area contributed by atoms with Gasteiger partial charge in [-0.1, -0.05) is 23.2 Å². The monoisotopic (exact) mass is 288 g/mol. The number of hydrogen-bond donors (Lipinski definition) is 1. The number of benzene rings is 1. The number of halogens is 2. The lowest BCUT2D eigenvalue weighted by Crippen LogP contribution is -2.36.